The summed E-state index contributed by atoms with van der Waals surface area (Å²) in [6.45, 7) is 4.52. The number of fused-ring (bicyclic) bond motifs is 1. The van der Waals surface area contributed by atoms with Crippen LogP contribution in [0, 0.1) is 0 Å². The predicted octanol–water partition coefficient (Wildman–Crippen LogP) is 2.18. The van der Waals surface area contributed by atoms with Crippen LogP contribution in [0.25, 0.3) is 0 Å². The summed E-state index contributed by atoms with van der Waals surface area (Å²) in [4.78, 5) is 2.66. The molecular formula is C18H26N2O3. The molecule has 1 aliphatic carbocycles. The molecule has 0 amide bonds. The fraction of sp³-hybridized carbons (Fsp3) is 0.667. The van der Waals surface area contributed by atoms with E-state index in [1.54, 1.807) is 7.11 Å². The fourth-order valence-corrected chi connectivity index (χ4v) is 3.60. The summed E-state index contributed by atoms with van der Waals surface area (Å²) < 4.78 is 16.8. The molecular weight excluding hydrogens is 292 g/mol. The number of piperidine rings is 1. The highest BCUT2D eigenvalue weighted by atomic mass is 16.6. The molecule has 2 fully saturated rings. The van der Waals surface area contributed by atoms with Crippen LogP contribution in [0.5, 0.6) is 17.2 Å². The molecule has 4 rings (SSSR count). The van der Waals surface area contributed by atoms with E-state index in [1.807, 2.05) is 0 Å². The summed E-state index contributed by atoms with van der Waals surface area (Å²) in [5.41, 5.74) is 1.19. The second-order valence-corrected chi connectivity index (χ2v) is 6.74. The minimum atomic E-state index is 0.584. The molecule has 0 spiro atoms. The van der Waals surface area contributed by atoms with Crippen molar-refractivity contribution in [2.24, 2.45) is 0 Å². The summed E-state index contributed by atoms with van der Waals surface area (Å²) >= 11 is 0. The molecule has 0 radical (unpaired) electrons. The lowest BCUT2D eigenvalue weighted by Crippen LogP contribution is -2.43. The molecule has 1 saturated carbocycles. The van der Waals surface area contributed by atoms with E-state index in [0.29, 0.717) is 19.3 Å². The average molecular weight is 318 g/mol. The van der Waals surface area contributed by atoms with Gasteiger partial charge in [-0.2, -0.15) is 0 Å². The van der Waals surface area contributed by atoms with E-state index >= 15 is 0 Å². The smallest absolute Gasteiger partial charge is 0.203 e. The maximum absolute atomic E-state index is 5.71. The number of nitrogens with zero attached hydrogens (tertiary/aromatic N) is 1. The number of likely N-dealkylation sites (tertiary alicyclic amines) is 1. The van der Waals surface area contributed by atoms with E-state index in [-0.39, 0.29) is 0 Å². The first kappa shape index (κ1) is 15.1. The second kappa shape index (κ2) is 6.57. The van der Waals surface area contributed by atoms with Gasteiger partial charge in [-0.15, -0.1) is 0 Å². The van der Waals surface area contributed by atoms with Gasteiger partial charge in [-0.3, -0.25) is 0 Å². The zero-order valence-corrected chi connectivity index (χ0v) is 13.8. The van der Waals surface area contributed by atoms with Crippen molar-refractivity contribution in [2.75, 3.05) is 33.4 Å². The van der Waals surface area contributed by atoms with Gasteiger partial charge in [-0.1, -0.05) is 0 Å². The van der Waals surface area contributed by atoms with Gasteiger partial charge in [0, 0.05) is 18.6 Å². The van der Waals surface area contributed by atoms with Crippen LogP contribution in [-0.2, 0) is 6.54 Å². The summed E-state index contributed by atoms with van der Waals surface area (Å²) in [5.74, 6) is 2.30. The summed E-state index contributed by atoms with van der Waals surface area (Å²) in [7, 11) is 1.68. The van der Waals surface area contributed by atoms with Gasteiger partial charge in [-0.05, 0) is 56.5 Å². The van der Waals surface area contributed by atoms with E-state index in [9.17, 15) is 0 Å². The van der Waals surface area contributed by atoms with Crippen molar-refractivity contribution in [2.45, 2.75) is 44.3 Å². The molecule has 2 aliphatic heterocycles. The monoisotopic (exact) mass is 318 g/mol. The lowest BCUT2D eigenvalue weighted by atomic mass is 10.0. The largest absolute Gasteiger partial charge is 0.493 e. The highest BCUT2D eigenvalue weighted by Gasteiger charge is 2.31. The molecule has 0 atom stereocenters. The van der Waals surface area contributed by atoms with Crippen LogP contribution in [0.3, 0.4) is 0 Å². The quantitative estimate of drug-likeness (QED) is 0.901. The minimum Gasteiger partial charge on any atom is -0.493 e. The first-order valence-electron chi connectivity index (χ1n) is 8.77. The Morgan fingerprint density at radius 3 is 2.65 bits per heavy atom. The fourth-order valence-electron chi connectivity index (χ4n) is 3.60. The summed E-state index contributed by atoms with van der Waals surface area (Å²) in [6.07, 6.45) is 5.32. The van der Waals surface area contributed by atoms with Crippen LogP contribution >= 0.6 is 0 Å². The molecule has 3 aliphatic rings. The average Bonchev–Trinajstić information content (AvgIpc) is 3.45. The maximum atomic E-state index is 5.71. The van der Waals surface area contributed by atoms with E-state index in [2.05, 4.69) is 22.3 Å². The Morgan fingerprint density at radius 1 is 1.13 bits per heavy atom. The van der Waals surface area contributed by atoms with Crippen LogP contribution in [-0.4, -0.2) is 50.4 Å². The van der Waals surface area contributed by atoms with Gasteiger partial charge in [0.2, 0.25) is 5.75 Å². The number of ether oxygens (including phenoxy) is 3. The zero-order chi connectivity index (χ0) is 15.6. The summed E-state index contributed by atoms with van der Waals surface area (Å²) in [6, 6.07) is 5.64. The normalized spacial score (nSPS) is 22.1. The van der Waals surface area contributed by atoms with Gasteiger partial charge < -0.3 is 24.4 Å². The van der Waals surface area contributed by atoms with E-state index in [4.69, 9.17) is 14.2 Å². The third-order valence-corrected chi connectivity index (χ3v) is 5.08. The van der Waals surface area contributed by atoms with Gasteiger partial charge >= 0.3 is 0 Å². The van der Waals surface area contributed by atoms with E-state index < -0.39 is 0 Å². The van der Waals surface area contributed by atoms with Crippen LogP contribution in [0.15, 0.2) is 12.1 Å². The Morgan fingerprint density at radius 2 is 1.91 bits per heavy atom. The molecule has 23 heavy (non-hydrogen) atoms. The van der Waals surface area contributed by atoms with Crippen molar-refractivity contribution in [3.05, 3.63) is 17.7 Å². The number of benzene rings is 1. The number of methoxy groups -OCH3 is 1. The second-order valence-electron chi connectivity index (χ2n) is 6.74. The van der Waals surface area contributed by atoms with Gasteiger partial charge in [0.05, 0.1) is 7.11 Å². The third-order valence-electron chi connectivity index (χ3n) is 5.08. The molecule has 2 heterocycles. The number of nitrogens with one attached hydrogen (secondary N) is 1. The first-order valence-corrected chi connectivity index (χ1v) is 8.77. The van der Waals surface area contributed by atoms with Crippen LogP contribution in [0.2, 0.25) is 0 Å². The highest BCUT2D eigenvalue weighted by Crippen LogP contribution is 2.40. The topological polar surface area (TPSA) is 43.0 Å². The van der Waals surface area contributed by atoms with Gasteiger partial charge in [0.15, 0.2) is 11.5 Å². The van der Waals surface area contributed by atoms with Gasteiger partial charge in [0.25, 0.3) is 0 Å². The van der Waals surface area contributed by atoms with Crippen LogP contribution in [0.1, 0.15) is 31.2 Å². The van der Waals surface area contributed by atoms with Crippen molar-refractivity contribution in [1.29, 1.82) is 0 Å². The van der Waals surface area contributed by atoms with Crippen molar-refractivity contribution in [3.8, 4) is 17.2 Å². The number of hydrogen-bond donors (Lipinski definition) is 1. The molecule has 5 heteroatoms. The molecule has 0 aromatic heterocycles. The number of hydrogen-bond acceptors (Lipinski definition) is 5. The summed E-state index contributed by atoms with van der Waals surface area (Å²) in [5, 5.41) is 3.70. The Labute approximate surface area is 137 Å². The third kappa shape index (κ3) is 3.40. The Bertz CT molecular complexity index is 534. The molecule has 0 unspecified atom stereocenters. The van der Waals surface area contributed by atoms with Crippen molar-refractivity contribution < 1.29 is 14.2 Å². The van der Waals surface area contributed by atoms with Gasteiger partial charge in [0.1, 0.15) is 13.2 Å². The maximum Gasteiger partial charge on any atom is 0.203 e. The van der Waals surface area contributed by atoms with Crippen LogP contribution in [0.4, 0.5) is 0 Å². The molecule has 5 nitrogen and oxygen atoms in total. The molecule has 1 saturated heterocycles. The van der Waals surface area contributed by atoms with Crippen LogP contribution < -0.4 is 19.5 Å². The van der Waals surface area contributed by atoms with Gasteiger partial charge in [-0.25, -0.2) is 0 Å². The highest BCUT2D eigenvalue weighted by molar-refractivity contribution is 5.54. The molecule has 1 aromatic rings. The Kier molecular flexibility index (Phi) is 4.31. The van der Waals surface area contributed by atoms with E-state index in [0.717, 1.165) is 29.8 Å². The molecule has 1 aromatic carbocycles. The lowest BCUT2D eigenvalue weighted by molar-refractivity contribution is 0.164. The SMILES string of the molecule is COc1cc(CNC2CCN(C3CC3)CC2)cc2c1OCCO2. The Hall–Kier alpha value is -1.46. The lowest BCUT2D eigenvalue weighted by Gasteiger charge is -2.32. The molecule has 1 N–H and O–H groups in total. The Balaban J connectivity index is 1.35. The van der Waals surface area contributed by atoms with Crippen molar-refractivity contribution in [1.82, 2.24) is 10.2 Å². The molecule has 126 valence electrons. The zero-order valence-electron chi connectivity index (χ0n) is 13.8. The first-order chi connectivity index (χ1) is 11.3. The molecule has 0 bridgehead atoms. The van der Waals surface area contributed by atoms with Crippen molar-refractivity contribution in [3.63, 3.8) is 0 Å². The minimum absolute atomic E-state index is 0.584. The standard InChI is InChI=1S/C18H26N2O3/c1-21-16-10-13(11-17-18(16)23-9-8-22-17)12-19-14-4-6-20(7-5-14)15-2-3-15/h10-11,14-15,19H,2-9,12H2,1H3. The van der Waals surface area contributed by atoms with E-state index in [1.165, 1.54) is 44.3 Å². The number of rotatable bonds is 5. The van der Waals surface area contributed by atoms with Crippen molar-refractivity contribution >= 4 is 0 Å². The predicted molar refractivity (Wildman–Crippen MR) is 88.4 cm³/mol.